The van der Waals surface area contributed by atoms with Gasteiger partial charge in [-0.2, -0.15) is 17.5 Å². The topological polar surface area (TPSA) is 110 Å². The van der Waals surface area contributed by atoms with Gasteiger partial charge in [0.2, 0.25) is 10.0 Å². The van der Waals surface area contributed by atoms with Gasteiger partial charge >= 0.3 is 18.1 Å². The fraction of sp³-hybridized carbons (Fsp3) is 0.233. The van der Waals surface area contributed by atoms with E-state index in [0.29, 0.717) is 24.0 Å². The molecule has 1 saturated heterocycles. The molecule has 9 nitrogen and oxygen atoms in total. The molecule has 56 heavy (non-hydrogen) atoms. The van der Waals surface area contributed by atoms with Crippen LogP contribution < -0.4 is 0 Å². The molecule has 0 spiro atoms. The summed E-state index contributed by atoms with van der Waals surface area (Å²) in [4.78, 5) is 41.9. The molecule has 1 amide bonds. The van der Waals surface area contributed by atoms with Crippen LogP contribution in [0, 0.1) is 0 Å². The van der Waals surface area contributed by atoms with Crippen LogP contribution >= 0.6 is 0 Å². The lowest BCUT2D eigenvalue weighted by molar-refractivity contribution is -0.146. The molecular weight excluding hydrogens is 746 g/mol. The standard InChI is InChI=1S/C43H39F3N2O7S/c1-54-41(50)37-12-6-7-13-39(37)56(52,53)48-26-8-11-36(48)28-47(38(42(51)55-2)27-29-14-16-31(17-15-29)30-9-4-3-5-10-30)40(49)34-20-18-32(19-21-34)33-22-24-35(25-23-33)43(44,45)46/h3-7,9-10,12-25,36,38H,8,11,26-28H2,1-2H3/t36-,38+/m1/s1. The van der Waals surface area contributed by atoms with Gasteiger partial charge in [-0.15, -0.1) is 0 Å². The van der Waals surface area contributed by atoms with Gasteiger partial charge in [0.25, 0.3) is 5.91 Å². The second-order valence-electron chi connectivity index (χ2n) is 13.3. The number of alkyl halides is 3. The number of halogens is 3. The summed E-state index contributed by atoms with van der Waals surface area (Å²) in [6.45, 7) is -0.0861. The van der Waals surface area contributed by atoms with E-state index < -0.39 is 51.7 Å². The molecule has 2 atom stereocenters. The molecule has 1 aliphatic heterocycles. The molecule has 5 aromatic carbocycles. The Balaban J connectivity index is 1.35. The second kappa shape index (κ2) is 16.9. The van der Waals surface area contributed by atoms with Crippen LogP contribution in [0.5, 0.6) is 0 Å². The lowest BCUT2D eigenvalue weighted by Crippen LogP contribution is -2.52. The van der Waals surface area contributed by atoms with Crippen molar-refractivity contribution in [1.29, 1.82) is 0 Å². The fourth-order valence-corrected chi connectivity index (χ4v) is 8.82. The summed E-state index contributed by atoms with van der Waals surface area (Å²) in [5, 5.41) is 0. The number of benzene rings is 5. The molecule has 1 fully saturated rings. The zero-order valence-corrected chi connectivity index (χ0v) is 31.4. The van der Waals surface area contributed by atoms with Crippen molar-refractivity contribution in [3.63, 3.8) is 0 Å². The minimum atomic E-state index is -4.49. The molecule has 0 aromatic heterocycles. The van der Waals surface area contributed by atoms with Crippen molar-refractivity contribution in [1.82, 2.24) is 9.21 Å². The molecular formula is C43H39F3N2O7S. The lowest BCUT2D eigenvalue weighted by Gasteiger charge is -2.35. The summed E-state index contributed by atoms with van der Waals surface area (Å²) in [5.41, 5.74) is 2.97. The zero-order valence-electron chi connectivity index (χ0n) is 30.6. The van der Waals surface area contributed by atoms with E-state index in [1.54, 1.807) is 12.1 Å². The van der Waals surface area contributed by atoms with Crippen LogP contribution in [0.25, 0.3) is 22.3 Å². The van der Waals surface area contributed by atoms with Gasteiger partial charge in [-0.25, -0.2) is 18.0 Å². The summed E-state index contributed by atoms with van der Waals surface area (Å²) < 4.78 is 79.3. The predicted molar refractivity (Wildman–Crippen MR) is 204 cm³/mol. The zero-order chi connectivity index (χ0) is 40.0. The quantitative estimate of drug-likeness (QED) is 0.118. The highest BCUT2D eigenvalue weighted by molar-refractivity contribution is 7.89. The number of methoxy groups -OCH3 is 2. The van der Waals surface area contributed by atoms with E-state index in [1.165, 1.54) is 64.8 Å². The van der Waals surface area contributed by atoms with Crippen molar-refractivity contribution in [2.75, 3.05) is 27.3 Å². The molecule has 13 heteroatoms. The molecule has 290 valence electrons. The Morgan fingerprint density at radius 2 is 1.30 bits per heavy atom. The second-order valence-corrected chi connectivity index (χ2v) is 15.2. The summed E-state index contributed by atoms with van der Waals surface area (Å²) >= 11 is 0. The average molecular weight is 785 g/mol. The number of esters is 2. The maximum atomic E-state index is 14.6. The van der Waals surface area contributed by atoms with E-state index in [-0.39, 0.29) is 35.5 Å². The first kappa shape index (κ1) is 39.9. The van der Waals surface area contributed by atoms with Gasteiger partial charge in [0, 0.05) is 31.1 Å². The Bertz CT molecular complexity index is 2280. The van der Waals surface area contributed by atoms with Gasteiger partial charge in [-0.05, 0) is 77.1 Å². The van der Waals surface area contributed by atoms with Crippen LogP contribution in [-0.4, -0.2) is 74.9 Å². The largest absolute Gasteiger partial charge is 0.467 e. The van der Waals surface area contributed by atoms with Gasteiger partial charge in [0.15, 0.2) is 0 Å². The Kier molecular flexibility index (Phi) is 12.1. The number of ether oxygens (including phenoxy) is 2. The third-order valence-electron chi connectivity index (χ3n) is 9.89. The molecule has 0 aliphatic carbocycles. The third-order valence-corrected chi connectivity index (χ3v) is 11.9. The molecule has 6 rings (SSSR count). The minimum absolute atomic E-state index is 0.0434. The van der Waals surface area contributed by atoms with Crippen LogP contribution in [0.2, 0.25) is 0 Å². The van der Waals surface area contributed by atoms with Gasteiger partial charge in [0.1, 0.15) is 6.04 Å². The van der Waals surface area contributed by atoms with Crippen molar-refractivity contribution in [3.8, 4) is 22.3 Å². The van der Waals surface area contributed by atoms with Crippen molar-refractivity contribution < 1.29 is 45.4 Å². The predicted octanol–water partition coefficient (Wildman–Crippen LogP) is 7.91. The van der Waals surface area contributed by atoms with Gasteiger partial charge in [0.05, 0.1) is 30.2 Å². The number of rotatable bonds is 12. The van der Waals surface area contributed by atoms with Crippen LogP contribution in [0.3, 0.4) is 0 Å². The maximum absolute atomic E-state index is 14.6. The maximum Gasteiger partial charge on any atom is 0.416 e. The minimum Gasteiger partial charge on any atom is -0.467 e. The highest BCUT2D eigenvalue weighted by Gasteiger charge is 2.41. The Morgan fingerprint density at radius 3 is 1.89 bits per heavy atom. The third kappa shape index (κ3) is 8.69. The number of carbonyl (C=O) groups is 3. The first-order valence-electron chi connectivity index (χ1n) is 17.8. The Labute approximate surface area is 323 Å². The smallest absolute Gasteiger partial charge is 0.416 e. The number of amides is 1. The number of sulfonamides is 1. The number of nitrogens with zero attached hydrogens (tertiary/aromatic N) is 2. The van der Waals surface area contributed by atoms with Gasteiger partial charge < -0.3 is 14.4 Å². The fourth-order valence-electron chi connectivity index (χ4n) is 6.95. The van der Waals surface area contributed by atoms with Crippen molar-refractivity contribution in [2.24, 2.45) is 0 Å². The number of hydrogen-bond donors (Lipinski definition) is 0. The van der Waals surface area contributed by atoms with E-state index in [2.05, 4.69) is 0 Å². The van der Waals surface area contributed by atoms with Crippen LogP contribution in [0.4, 0.5) is 13.2 Å². The summed E-state index contributed by atoms with van der Waals surface area (Å²) in [5.74, 6) is -2.12. The highest BCUT2D eigenvalue weighted by atomic mass is 32.2. The first-order valence-corrected chi connectivity index (χ1v) is 19.3. The van der Waals surface area contributed by atoms with E-state index in [9.17, 15) is 36.0 Å². The molecule has 5 aromatic rings. The van der Waals surface area contributed by atoms with Crippen molar-refractivity contribution in [3.05, 3.63) is 150 Å². The molecule has 0 N–H and O–H groups in total. The Hall–Kier alpha value is -5.79. The van der Waals surface area contributed by atoms with Crippen LogP contribution in [-0.2, 0) is 36.9 Å². The normalized spacial score (nSPS) is 15.2. The summed E-state index contributed by atoms with van der Waals surface area (Å²) in [7, 11) is -1.92. The molecule has 0 radical (unpaired) electrons. The summed E-state index contributed by atoms with van der Waals surface area (Å²) in [6, 6.07) is 31.9. The van der Waals surface area contributed by atoms with E-state index >= 15 is 0 Å². The SMILES string of the molecule is COC(=O)c1ccccc1S(=O)(=O)N1CCC[C@@H]1CN(C(=O)c1ccc(-c2ccc(C(F)(F)F)cc2)cc1)[C@@H](Cc1ccc(-c2ccccc2)cc1)C(=O)OC. The van der Waals surface area contributed by atoms with E-state index in [0.717, 1.165) is 35.9 Å². The molecule has 0 bridgehead atoms. The Morgan fingerprint density at radius 1 is 0.750 bits per heavy atom. The number of carbonyl (C=O) groups excluding carboxylic acids is 3. The monoisotopic (exact) mass is 784 g/mol. The number of hydrogen-bond acceptors (Lipinski definition) is 7. The van der Waals surface area contributed by atoms with Crippen molar-refractivity contribution >= 4 is 27.9 Å². The average Bonchev–Trinajstić information content (AvgIpc) is 3.71. The summed E-state index contributed by atoms with van der Waals surface area (Å²) in [6.07, 6.45) is -3.63. The molecule has 1 heterocycles. The highest BCUT2D eigenvalue weighted by Crippen LogP contribution is 2.33. The van der Waals surface area contributed by atoms with Crippen LogP contribution in [0.1, 0.15) is 44.7 Å². The van der Waals surface area contributed by atoms with E-state index in [1.807, 2.05) is 54.6 Å². The van der Waals surface area contributed by atoms with Crippen LogP contribution in [0.15, 0.2) is 132 Å². The van der Waals surface area contributed by atoms with Gasteiger partial charge in [-0.1, -0.05) is 91.0 Å². The lowest BCUT2D eigenvalue weighted by atomic mass is 9.98. The molecule has 0 unspecified atom stereocenters. The molecule has 0 saturated carbocycles. The first-order chi connectivity index (χ1) is 26.8. The van der Waals surface area contributed by atoms with Crippen molar-refractivity contribution in [2.45, 2.75) is 42.4 Å². The van der Waals surface area contributed by atoms with Gasteiger partial charge in [-0.3, -0.25) is 4.79 Å². The molecule has 1 aliphatic rings. The van der Waals surface area contributed by atoms with E-state index in [4.69, 9.17) is 9.47 Å².